The topological polar surface area (TPSA) is 37.1 Å². The molecule has 1 heterocycles. The van der Waals surface area contributed by atoms with Crippen molar-refractivity contribution in [2.75, 3.05) is 0 Å². The van der Waals surface area contributed by atoms with Crippen LogP contribution in [0.5, 0.6) is 0 Å². The maximum atomic E-state index is 4.93. The van der Waals surface area contributed by atoms with Crippen molar-refractivity contribution in [2.24, 2.45) is 15.0 Å². The summed E-state index contributed by atoms with van der Waals surface area (Å²) >= 11 is 0. The Morgan fingerprint density at radius 3 is 1.70 bits per heavy atom. The average Bonchev–Trinajstić information content (AvgIpc) is 3.63. The van der Waals surface area contributed by atoms with Crippen LogP contribution in [0.25, 0.3) is 22.3 Å². The predicted octanol–water partition coefficient (Wildman–Crippen LogP) is 8.44. The van der Waals surface area contributed by atoms with E-state index in [2.05, 4.69) is 97.9 Å². The lowest BCUT2D eigenvalue weighted by molar-refractivity contribution is 1.26. The lowest BCUT2D eigenvalue weighted by atomic mass is 10.1. The lowest BCUT2D eigenvalue weighted by Gasteiger charge is -2.05. The molecule has 0 fully saturated rings. The van der Waals surface area contributed by atoms with E-state index in [-0.39, 0.29) is 0 Å². The first-order chi connectivity index (χ1) is 18.1. The van der Waals surface area contributed by atoms with E-state index in [4.69, 9.17) is 15.0 Å². The fourth-order valence-electron chi connectivity index (χ4n) is 5.80. The molecule has 0 radical (unpaired) electrons. The van der Waals surface area contributed by atoms with Gasteiger partial charge in [-0.3, -0.25) is 9.98 Å². The van der Waals surface area contributed by atoms with Crippen LogP contribution >= 0.6 is 0 Å². The molecule has 0 atom stereocenters. The molecule has 0 N–H and O–H groups in total. The highest BCUT2D eigenvalue weighted by molar-refractivity contribution is 6.43. The van der Waals surface area contributed by atoms with Crippen LogP contribution in [0.4, 0.5) is 11.4 Å². The molecular weight excluding hydrogens is 450 g/mol. The fourth-order valence-corrected chi connectivity index (χ4v) is 5.80. The molecular formula is C34H27N3. The summed E-state index contributed by atoms with van der Waals surface area (Å²) in [6.45, 7) is 4.10. The van der Waals surface area contributed by atoms with Crippen molar-refractivity contribution < 1.29 is 0 Å². The number of hydrogen-bond donors (Lipinski definition) is 0. The summed E-state index contributed by atoms with van der Waals surface area (Å²) in [7, 11) is 0. The molecule has 0 amide bonds. The van der Waals surface area contributed by atoms with Crippen molar-refractivity contribution in [2.45, 2.75) is 33.1 Å². The van der Waals surface area contributed by atoms with Gasteiger partial charge >= 0.3 is 0 Å². The molecule has 178 valence electrons. The monoisotopic (exact) mass is 477 g/mol. The largest absolute Gasteiger partial charge is 0.252 e. The first kappa shape index (κ1) is 21.9. The van der Waals surface area contributed by atoms with Crippen molar-refractivity contribution in [3.8, 4) is 22.3 Å². The summed E-state index contributed by atoms with van der Waals surface area (Å²) in [5.41, 5.74) is 16.7. The van der Waals surface area contributed by atoms with Crippen molar-refractivity contribution in [1.29, 1.82) is 0 Å². The molecule has 0 spiro atoms. The molecule has 2 aliphatic carbocycles. The highest BCUT2D eigenvalue weighted by Crippen LogP contribution is 2.39. The van der Waals surface area contributed by atoms with Gasteiger partial charge in [0.05, 0.1) is 34.2 Å². The maximum Gasteiger partial charge on any atom is 0.0810 e. The molecule has 4 aromatic rings. The summed E-state index contributed by atoms with van der Waals surface area (Å²) in [4.78, 5) is 14.8. The van der Waals surface area contributed by atoms with E-state index in [0.717, 1.165) is 53.5 Å². The second-order valence-electron chi connectivity index (χ2n) is 10.1. The minimum Gasteiger partial charge on any atom is -0.252 e. The number of allylic oxidation sites excluding steroid dienone is 2. The Hall–Kier alpha value is -4.37. The van der Waals surface area contributed by atoms with Crippen molar-refractivity contribution in [1.82, 2.24) is 0 Å². The summed E-state index contributed by atoms with van der Waals surface area (Å²) in [5.74, 6) is 0. The van der Waals surface area contributed by atoms with Gasteiger partial charge in [0.2, 0.25) is 0 Å². The van der Waals surface area contributed by atoms with Gasteiger partial charge in [0.25, 0.3) is 0 Å². The Labute approximate surface area is 217 Å². The Bertz CT molecular complexity index is 1720. The smallest absolute Gasteiger partial charge is 0.0810 e. The summed E-state index contributed by atoms with van der Waals surface area (Å²) < 4.78 is 0. The number of fused-ring (bicyclic) bond motifs is 6. The number of benzene rings is 4. The van der Waals surface area contributed by atoms with E-state index >= 15 is 0 Å². The molecule has 4 aromatic carbocycles. The molecule has 7 rings (SSSR count). The van der Waals surface area contributed by atoms with Gasteiger partial charge in [-0.1, -0.05) is 66.7 Å². The maximum absolute atomic E-state index is 4.93. The zero-order valence-electron chi connectivity index (χ0n) is 21.1. The second kappa shape index (κ2) is 8.63. The van der Waals surface area contributed by atoms with Gasteiger partial charge in [0.15, 0.2) is 0 Å². The van der Waals surface area contributed by atoms with E-state index in [0.29, 0.717) is 0 Å². The predicted molar refractivity (Wildman–Crippen MR) is 155 cm³/mol. The standard InChI is InChI=1S/C34H27N3/c1-21(35-27-11-13-31-25(19-27)17-23-7-3-5-9-29(23)31)33-15-16-34(37-33)22(2)36-28-12-14-32-26(20-28)18-24-8-4-6-10-30(24)32/h3-15,19-20H,16-18H2,1-2H3. The van der Waals surface area contributed by atoms with Gasteiger partial charge < -0.3 is 0 Å². The highest BCUT2D eigenvalue weighted by atomic mass is 14.9. The van der Waals surface area contributed by atoms with Crippen LogP contribution in [-0.2, 0) is 12.8 Å². The summed E-state index contributed by atoms with van der Waals surface area (Å²) in [5, 5.41) is 0. The van der Waals surface area contributed by atoms with Gasteiger partial charge in [-0.2, -0.15) is 0 Å². The zero-order chi connectivity index (χ0) is 24.9. The third-order valence-electron chi connectivity index (χ3n) is 7.68. The van der Waals surface area contributed by atoms with Crippen LogP contribution in [0, 0.1) is 0 Å². The fraction of sp³-hybridized carbons (Fsp3) is 0.147. The van der Waals surface area contributed by atoms with Gasteiger partial charge in [0, 0.05) is 6.42 Å². The zero-order valence-corrected chi connectivity index (χ0v) is 21.1. The molecule has 3 nitrogen and oxygen atoms in total. The van der Waals surface area contributed by atoms with Crippen LogP contribution in [0.2, 0.25) is 0 Å². The van der Waals surface area contributed by atoms with Crippen LogP contribution in [-0.4, -0.2) is 17.1 Å². The van der Waals surface area contributed by atoms with Crippen LogP contribution in [0.15, 0.2) is 112 Å². The van der Waals surface area contributed by atoms with Gasteiger partial charge in [-0.05, 0) is 95.5 Å². The third-order valence-corrected chi connectivity index (χ3v) is 7.68. The third kappa shape index (κ3) is 3.88. The van der Waals surface area contributed by atoms with E-state index in [1.165, 1.54) is 44.5 Å². The van der Waals surface area contributed by atoms with Crippen LogP contribution < -0.4 is 0 Å². The molecule has 0 saturated heterocycles. The number of aliphatic imine (C=N–C) groups is 3. The quantitative estimate of drug-likeness (QED) is 0.228. The number of hydrogen-bond acceptors (Lipinski definition) is 3. The lowest BCUT2D eigenvalue weighted by Crippen LogP contribution is -2.07. The molecule has 0 aromatic heterocycles. The van der Waals surface area contributed by atoms with Gasteiger partial charge in [-0.25, -0.2) is 4.99 Å². The van der Waals surface area contributed by atoms with Crippen molar-refractivity contribution in [3.05, 3.63) is 119 Å². The molecule has 37 heavy (non-hydrogen) atoms. The average molecular weight is 478 g/mol. The summed E-state index contributed by atoms with van der Waals surface area (Å²) in [6, 6.07) is 30.4. The first-order valence-electron chi connectivity index (χ1n) is 12.9. The Balaban J connectivity index is 1.09. The molecule has 3 aliphatic rings. The van der Waals surface area contributed by atoms with E-state index in [1.807, 2.05) is 6.92 Å². The Morgan fingerprint density at radius 1 is 0.595 bits per heavy atom. The molecule has 1 aliphatic heterocycles. The first-order valence-corrected chi connectivity index (χ1v) is 12.9. The molecule has 0 saturated carbocycles. The highest BCUT2D eigenvalue weighted by Gasteiger charge is 2.20. The number of nitrogens with zero attached hydrogens (tertiary/aromatic N) is 3. The molecule has 0 unspecified atom stereocenters. The van der Waals surface area contributed by atoms with Crippen LogP contribution in [0.3, 0.4) is 0 Å². The second-order valence-corrected chi connectivity index (χ2v) is 10.1. The Morgan fingerprint density at radius 2 is 1.11 bits per heavy atom. The van der Waals surface area contributed by atoms with Crippen LogP contribution in [0.1, 0.15) is 42.5 Å². The van der Waals surface area contributed by atoms with Crippen molar-refractivity contribution in [3.63, 3.8) is 0 Å². The van der Waals surface area contributed by atoms with E-state index in [9.17, 15) is 0 Å². The molecule has 0 bridgehead atoms. The van der Waals surface area contributed by atoms with E-state index in [1.54, 1.807) is 0 Å². The normalized spacial score (nSPS) is 15.6. The molecule has 3 heteroatoms. The minimum atomic E-state index is 0.785. The minimum absolute atomic E-state index is 0.785. The van der Waals surface area contributed by atoms with E-state index < -0.39 is 0 Å². The Kier molecular flexibility index (Phi) is 5.10. The van der Waals surface area contributed by atoms with Gasteiger partial charge in [-0.15, -0.1) is 0 Å². The number of rotatable bonds is 4. The summed E-state index contributed by atoms with van der Waals surface area (Å²) in [6.07, 6.45) is 4.90. The van der Waals surface area contributed by atoms with Gasteiger partial charge in [0.1, 0.15) is 0 Å². The van der Waals surface area contributed by atoms with Crippen molar-refractivity contribution >= 4 is 28.5 Å². The SMILES string of the molecule is CC(=Nc1ccc2c(c1)Cc1ccccc1-2)C1=CCC(C(C)=Nc2ccc3c(c2)Cc2ccccc2-3)=N1.